The van der Waals surface area contributed by atoms with Gasteiger partial charge in [-0.25, -0.2) is 0 Å². The molecule has 0 spiro atoms. The smallest absolute Gasteiger partial charge is 0.300 e. The molecule has 0 aliphatic carbocycles. The molecule has 0 bridgehead atoms. The Morgan fingerprint density at radius 1 is 0.897 bits per heavy atom. The molecule has 0 saturated carbocycles. The largest absolute Gasteiger partial charge is 0.507 e. The molecule has 144 valence electrons. The standard InChI is InChI=1S/C24H18ClNO3/c1-15-7-13-19(14-8-15)26-21(16-9-11-18(25)12-10-16)20(23(28)24(26)29)22(27)17-5-3-2-4-6-17/h2-14,21,27H,1H3/b22-20+/t21-/m1/s1. The quantitative estimate of drug-likeness (QED) is 0.368. The van der Waals surface area contributed by atoms with Crippen LogP contribution in [0.3, 0.4) is 0 Å². The van der Waals surface area contributed by atoms with Gasteiger partial charge in [0, 0.05) is 16.3 Å². The molecule has 1 aliphatic rings. The molecule has 1 N–H and O–H groups in total. The Morgan fingerprint density at radius 3 is 2.14 bits per heavy atom. The summed E-state index contributed by atoms with van der Waals surface area (Å²) in [5.74, 6) is -1.59. The molecule has 3 aromatic carbocycles. The first-order chi connectivity index (χ1) is 14.0. The van der Waals surface area contributed by atoms with E-state index in [1.165, 1.54) is 4.90 Å². The van der Waals surface area contributed by atoms with E-state index in [0.29, 0.717) is 21.8 Å². The van der Waals surface area contributed by atoms with E-state index in [4.69, 9.17) is 11.6 Å². The summed E-state index contributed by atoms with van der Waals surface area (Å²) in [4.78, 5) is 27.4. The zero-order valence-corrected chi connectivity index (χ0v) is 16.4. The summed E-state index contributed by atoms with van der Waals surface area (Å²) in [6.45, 7) is 1.95. The molecule has 5 heteroatoms. The van der Waals surface area contributed by atoms with Crippen LogP contribution in [0.4, 0.5) is 5.69 Å². The molecule has 1 atom stereocenters. The number of hydrogen-bond acceptors (Lipinski definition) is 3. The SMILES string of the molecule is Cc1ccc(N2C(=O)C(=O)/C(=C(/O)c3ccccc3)[C@H]2c2ccc(Cl)cc2)cc1. The van der Waals surface area contributed by atoms with Crippen LogP contribution in [-0.2, 0) is 9.59 Å². The number of carbonyl (C=O) groups excluding carboxylic acids is 2. The summed E-state index contributed by atoms with van der Waals surface area (Å²) in [6, 6.07) is 22.3. The summed E-state index contributed by atoms with van der Waals surface area (Å²) in [5, 5.41) is 11.5. The minimum Gasteiger partial charge on any atom is -0.507 e. The van der Waals surface area contributed by atoms with Gasteiger partial charge in [0.15, 0.2) is 0 Å². The van der Waals surface area contributed by atoms with Crippen molar-refractivity contribution in [2.45, 2.75) is 13.0 Å². The van der Waals surface area contributed by atoms with E-state index < -0.39 is 17.7 Å². The van der Waals surface area contributed by atoms with Crippen LogP contribution in [-0.4, -0.2) is 16.8 Å². The van der Waals surface area contributed by atoms with Crippen LogP contribution >= 0.6 is 11.6 Å². The molecule has 1 heterocycles. The lowest BCUT2D eigenvalue weighted by Gasteiger charge is -2.25. The van der Waals surface area contributed by atoms with Gasteiger partial charge in [0.1, 0.15) is 5.76 Å². The van der Waals surface area contributed by atoms with E-state index in [1.54, 1.807) is 60.7 Å². The fourth-order valence-corrected chi connectivity index (χ4v) is 3.64. The van der Waals surface area contributed by atoms with Crippen LogP contribution in [0.2, 0.25) is 5.02 Å². The summed E-state index contributed by atoms with van der Waals surface area (Å²) in [7, 11) is 0. The lowest BCUT2D eigenvalue weighted by molar-refractivity contribution is -0.132. The number of ketones is 1. The van der Waals surface area contributed by atoms with E-state index in [9.17, 15) is 14.7 Å². The molecule has 1 fully saturated rings. The number of aliphatic hydroxyl groups is 1. The van der Waals surface area contributed by atoms with E-state index in [2.05, 4.69) is 0 Å². The van der Waals surface area contributed by atoms with Gasteiger partial charge >= 0.3 is 0 Å². The average molecular weight is 404 g/mol. The number of aryl methyl sites for hydroxylation is 1. The molecule has 4 nitrogen and oxygen atoms in total. The minimum atomic E-state index is -0.754. The Labute approximate surface area is 173 Å². The average Bonchev–Trinajstić information content (AvgIpc) is 3.00. The molecule has 1 saturated heterocycles. The fourth-order valence-electron chi connectivity index (χ4n) is 3.52. The normalized spacial score (nSPS) is 18.3. The van der Waals surface area contributed by atoms with Crippen molar-refractivity contribution >= 4 is 34.7 Å². The van der Waals surface area contributed by atoms with Crippen LogP contribution in [0, 0.1) is 6.92 Å². The molecular formula is C24H18ClNO3. The third-order valence-corrected chi connectivity index (χ3v) is 5.24. The highest BCUT2D eigenvalue weighted by Crippen LogP contribution is 2.42. The number of carbonyl (C=O) groups is 2. The lowest BCUT2D eigenvalue weighted by atomic mass is 9.95. The van der Waals surface area contributed by atoms with Crippen molar-refractivity contribution in [3.05, 3.63) is 106 Å². The predicted octanol–water partition coefficient (Wildman–Crippen LogP) is 5.27. The highest BCUT2D eigenvalue weighted by molar-refractivity contribution is 6.51. The first-order valence-electron chi connectivity index (χ1n) is 9.16. The number of amides is 1. The summed E-state index contributed by atoms with van der Waals surface area (Å²) in [5.41, 5.74) is 2.85. The molecule has 4 rings (SSSR count). The third-order valence-electron chi connectivity index (χ3n) is 4.99. The van der Waals surface area contributed by atoms with Crippen molar-refractivity contribution < 1.29 is 14.7 Å². The predicted molar refractivity (Wildman–Crippen MR) is 114 cm³/mol. The van der Waals surface area contributed by atoms with E-state index in [-0.39, 0.29) is 11.3 Å². The summed E-state index contributed by atoms with van der Waals surface area (Å²) in [6.07, 6.45) is 0. The first kappa shape index (κ1) is 19.0. The molecule has 0 unspecified atom stereocenters. The topological polar surface area (TPSA) is 57.6 Å². The van der Waals surface area contributed by atoms with Gasteiger partial charge in [-0.1, -0.05) is 71.8 Å². The number of hydrogen-bond donors (Lipinski definition) is 1. The molecule has 3 aromatic rings. The lowest BCUT2D eigenvalue weighted by Crippen LogP contribution is -2.29. The van der Waals surface area contributed by atoms with E-state index in [0.717, 1.165) is 5.56 Å². The maximum absolute atomic E-state index is 13.0. The maximum atomic E-state index is 13.0. The van der Waals surface area contributed by atoms with Crippen molar-refractivity contribution in [3.8, 4) is 0 Å². The number of benzene rings is 3. The molecule has 1 amide bonds. The Morgan fingerprint density at radius 2 is 1.52 bits per heavy atom. The highest BCUT2D eigenvalue weighted by Gasteiger charge is 2.46. The maximum Gasteiger partial charge on any atom is 0.300 e. The first-order valence-corrected chi connectivity index (χ1v) is 9.53. The number of rotatable bonds is 3. The fraction of sp³-hybridized carbons (Fsp3) is 0.0833. The van der Waals surface area contributed by atoms with E-state index in [1.807, 2.05) is 25.1 Å². The molecule has 0 radical (unpaired) electrons. The van der Waals surface area contributed by atoms with Gasteiger partial charge < -0.3 is 5.11 Å². The van der Waals surface area contributed by atoms with Gasteiger partial charge in [-0.3, -0.25) is 14.5 Å². The van der Waals surface area contributed by atoms with Crippen LogP contribution < -0.4 is 4.90 Å². The number of Topliss-reactive ketones (excluding diaryl/α,β-unsaturated/α-hetero) is 1. The second-order valence-corrected chi connectivity index (χ2v) is 7.36. The number of aliphatic hydroxyl groups excluding tert-OH is 1. The third kappa shape index (κ3) is 3.43. The molecule has 1 aliphatic heterocycles. The minimum absolute atomic E-state index is 0.0593. The Kier molecular flexibility index (Phi) is 4.95. The molecule has 0 aromatic heterocycles. The zero-order valence-electron chi connectivity index (χ0n) is 15.7. The number of halogens is 1. The van der Waals surface area contributed by atoms with Gasteiger partial charge in [0.2, 0.25) is 0 Å². The Hall–Kier alpha value is -3.37. The van der Waals surface area contributed by atoms with Crippen LogP contribution in [0.15, 0.2) is 84.4 Å². The van der Waals surface area contributed by atoms with Crippen molar-refractivity contribution in [2.24, 2.45) is 0 Å². The van der Waals surface area contributed by atoms with Crippen LogP contribution in [0.1, 0.15) is 22.7 Å². The van der Waals surface area contributed by atoms with Crippen molar-refractivity contribution in [2.75, 3.05) is 4.90 Å². The van der Waals surface area contributed by atoms with E-state index >= 15 is 0 Å². The van der Waals surface area contributed by atoms with Crippen LogP contribution in [0.5, 0.6) is 0 Å². The Bertz CT molecular complexity index is 1100. The van der Waals surface area contributed by atoms with Crippen molar-refractivity contribution in [1.29, 1.82) is 0 Å². The summed E-state index contributed by atoms with van der Waals surface area (Å²) < 4.78 is 0. The molecule has 29 heavy (non-hydrogen) atoms. The number of anilines is 1. The van der Waals surface area contributed by atoms with Crippen LogP contribution in [0.25, 0.3) is 5.76 Å². The second-order valence-electron chi connectivity index (χ2n) is 6.92. The highest BCUT2D eigenvalue weighted by atomic mass is 35.5. The molecular weight excluding hydrogens is 386 g/mol. The van der Waals surface area contributed by atoms with Gasteiger partial charge in [-0.2, -0.15) is 0 Å². The van der Waals surface area contributed by atoms with Gasteiger partial charge in [0.25, 0.3) is 11.7 Å². The second kappa shape index (κ2) is 7.57. The zero-order chi connectivity index (χ0) is 20.5. The Balaban J connectivity index is 1.94. The van der Waals surface area contributed by atoms with Gasteiger partial charge in [-0.05, 0) is 36.8 Å². The van der Waals surface area contributed by atoms with Crippen molar-refractivity contribution in [3.63, 3.8) is 0 Å². The number of nitrogens with zero attached hydrogens (tertiary/aromatic N) is 1. The monoisotopic (exact) mass is 403 g/mol. The van der Waals surface area contributed by atoms with Gasteiger partial charge in [-0.15, -0.1) is 0 Å². The van der Waals surface area contributed by atoms with Crippen molar-refractivity contribution in [1.82, 2.24) is 0 Å². The van der Waals surface area contributed by atoms with Gasteiger partial charge in [0.05, 0.1) is 11.6 Å². The summed E-state index contributed by atoms with van der Waals surface area (Å²) >= 11 is 6.03.